The van der Waals surface area contributed by atoms with Gasteiger partial charge in [0.25, 0.3) is 0 Å². The zero-order valence-electron chi connectivity index (χ0n) is 10.3. The fourth-order valence-corrected chi connectivity index (χ4v) is 2.43. The number of hydrogen-bond acceptors (Lipinski definition) is 2. The summed E-state index contributed by atoms with van der Waals surface area (Å²) in [7, 11) is 0. The van der Waals surface area contributed by atoms with Gasteiger partial charge in [0.1, 0.15) is 24.0 Å². The van der Waals surface area contributed by atoms with Crippen molar-refractivity contribution in [1.29, 1.82) is 0 Å². The molecule has 0 bridgehead atoms. The van der Waals surface area contributed by atoms with Gasteiger partial charge < -0.3 is 10.5 Å². The van der Waals surface area contributed by atoms with Crippen molar-refractivity contribution in [3.05, 3.63) is 62.0 Å². The van der Waals surface area contributed by atoms with Crippen molar-refractivity contribution in [3.63, 3.8) is 0 Å². The van der Waals surface area contributed by atoms with Crippen molar-refractivity contribution >= 4 is 31.9 Å². The van der Waals surface area contributed by atoms with Gasteiger partial charge in [0.15, 0.2) is 0 Å². The van der Waals surface area contributed by atoms with Crippen LogP contribution in [0.25, 0.3) is 0 Å². The Morgan fingerprint density at radius 3 is 2.45 bits per heavy atom. The summed E-state index contributed by atoms with van der Waals surface area (Å²) >= 11 is 6.38. The predicted molar refractivity (Wildman–Crippen MR) is 80.4 cm³/mol. The maximum Gasteiger partial charge on any atom is 0.146 e. The SMILES string of the molecule is NCc1cc(OCc2c(F)ccc(Br)c2F)ccc1Br. The van der Waals surface area contributed by atoms with Gasteiger partial charge in [-0.05, 0) is 51.8 Å². The topological polar surface area (TPSA) is 35.2 Å². The van der Waals surface area contributed by atoms with Crippen molar-refractivity contribution in [2.45, 2.75) is 13.2 Å². The molecule has 20 heavy (non-hydrogen) atoms. The normalized spacial score (nSPS) is 10.7. The van der Waals surface area contributed by atoms with Crippen LogP contribution in [-0.2, 0) is 13.2 Å². The summed E-state index contributed by atoms with van der Waals surface area (Å²) in [4.78, 5) is 0. The highest BCUT2D eigenvalue weighted by Crippen LogP contribution is 2.25. The highest BCUT2D eigenvalue weighted by atomic mass is 79.9. The molecule has 2 aromatic rings. The molecule has 0 saturated heterocycles. The van der Waals surface area contributed by atoms with Gasteiger partial charge in [-0.25, -0.2) is 8.78 Å². The summed E-state index contributed by atoms with van der Waals surface area (Å²) < 4.78 is 33.9. The molecular formula is C14H11Br2F2NO. The first-order valence-electron chi connectivity index (χ1n) is 5.76. The van der Waals surface area contributed by atoms with Crippen molar-refractivity contribution in [1.82, 2.24) is 0 Å². The molecule has 0 aliphatic rings. The van der Waals surface area contributed by atoms with E-state index in [0.29, 0.717) is 12.3 Å². The van der Waals surface area contributed by atoms with Gasteiger partial charge in [-0.3, -0.25) is 0 Å². The Morgan fingerprint density at radius 2 is 1.75 bits per heavy atom. The van der Waals surface area contributed by atoms with Crippen molar-refractivity contribution < 1.29 is 13.5 Å². The largest absolute Gasteiger partial charge is 0.489 e. The molecule has 0 heterocycles. The molecule has 2 N–H and O–H groups in total. The highest BCUT2D eigenvalue weighted by Gasteiger charge is 2.13. The van der Waals surface area contributed by atoms with Crippen molar-refractivity contribution in [2.75, 3.05) is 0 Å². The molecule has 2 aromatic carbocycles. The van der Waals surface area contributed by atoms with E-state index in [1.165, 1.54) is 12.1 Å². The molecule has 0 aromatic heterocycles. The summed E-state index contributed by atoms with van der Waals surface area (Å²) in [5.41, 5.74) is 6.33. The Labute approximate surface area is 132 Å². The van der Waals surface area contributed by atoms with Crippen LogP contribution in [0.5, 0.6) is 5.75 Å². The average Bonchev–Trinajstić information content (AvgIpc) is 2.44. The van der Waals surface area contributed by atoms with Gasteiger partial charge in [-0.15, -0.1) is 0 Å². The van der Waals surface area contributed by atoms with Gasteiger partial charge in [-0.1, -0.05) is 15.9 Å². The van der Waals surface area contributed by atoms with E-state index in [9.17, 15) is 8.78 Å². The monoisotopic (exact) mass is 405 g/mol. The van der Waals surface area contributed by atoms with E-state index in [2.05, 4.69) is 31.9 Å². The summed E-state index contributed by atoms with van der Waals surface area (Å²) in [6.45, 7) is 0.153. The van der Waals surface area contributed by atoms with Crippen LogP contribution in [0.15, 0.2) is 39.3 Å². The number of nitrogens with two attached hydrogens (primary N) is 1. The lowest BCUT2D eigenvalue weighted by atomic mass is 10.2. The molecule has 6 heteroatoms. The number of benzene rings is 2. The van der Waals surface area contributed by atoms with Crippen LogP contribution in [0.1, 0.15) is 11.1 Å². The minimum absolute atomic E-state index is 0.114. The van der Waals surface area contributed by atoms with E-state index in [1.54, 1.807) is 18.2 Å². The summed E-state index contributed by atoms with van der Waals surface area (Å²) in [6, 6.07) is 7.74. The van der Waals surface area contributed by atoms with Crippen LogP contribution in [0, 0.1) is 11.6 Å². The molecule has 0 aliphatic heterocycles. The van der Waals surface area contributed by atoms with E-state index in [-0.39, 0.29) is 16.6 Å². The molecule has 2 rings (SSSR count). The molecule has 0 spiro atoms. The van der Waals surface area contributed by atoms with Gasteiger partial charge in [0.2, 0.25) is 0 Å². The number of ether oxygens (including phenoxy) is 1. The van der Waals surface area contributed by atoms with E-state index < -0.39 is 11.6 Å². The maximum atomic E-state index is 13.8. The molecule has 0 fully saturated rings. The van der Waals surface area contributed by atoms with Crippen LogP contribution in [0.4, 0.5) is 8.78 Å². The van der Waals surface area contributed by atoms with Crippen LogP contribution in [-0.4, -0.2) is 0 Å². The minimum atomic E-state index is -0.652. The van der Waals surface area contributed by atoms with E-state index in [4.69, 9.17) is 10.5 Å². The smallest absolute Gasteiger partial charge is 0.146 e. The zero-order chi connectivity index (χ0) is 14.7. The summed E-state index contributed by atoms with van der Waals surface area (Å²) in [6.07, 6.45) is 0. The second-order valence-electron chi connectivity index (χ2n) is 4.07. The lowest BCUT2D eigenvalue weighted by Gasteiger charge is -2.10. The molecule has 0 unspecified atom stereocenters. The number of rotatable bonds is 4. The van der Waals surface area contributed by atoms with E-state index in [0.717, 1.165) is 10.0 Å². The average molecular weight is 407 g/mol. The first-order chi connectivity index (χ1) is 9.52. The molecule has 0 amide bonds. The van der Waals surface area contributed by atoms with Crippen molar-refractivity contribution in [3.8, 4) is 5.75 Å². The first-order valence-corrected chi connectivity index (χ1v) is 7.35. The molecule has 0 aliphatic carbocycles. The van der Waals surface area contributed by atoms with Gasteiger partial charge in [-0.2, -0.15) is 0 Å². The third kappa shape index (κ3) is 3.37. The van der Waals surface area contributed by atoms with Gasteiger partial charge >= 0.3 is 0 Å². The first kappa shape index (κ1) is 15.4. The summed E-state index contributed by atoms with van der Waals surface area (Å²) in [5, 5.41) is 0. The molecule has 0 radical (unpaired) electrons. The molecule has 2 nitrogen and oxygen atoms in total. The molecular weight excluding hydrogens is 396 g/mol. The Balaban J connectivity index is 2.19. The summed E-state index contributed by atoms with van der Waals surface area (Å²) in [5.74, 6) is -0.782. The fraction of sp³-hybridized carbons (Fsp3) is 0.143. The third-order valence-electron chi connectivity index (χ3n) is 2.76. The van der Waals surface area contributed by atoms with Crippen LogP contribution in [0.3, 0.4) is 0 Å². The maximum absolute atomic E-state index is 13.8. The van der Waals surface area contributed by atoms with Crippen LogP contribution in [0.2, 0.25) is 0 Å². The Kier molecular flexibility index (Phi) is 5.12. The van der Waals surface area contributed by atoms with Crippen LogP contribution >= 0.6 is 31.9 Å². The van der Waals surface area contributed by atoms with E-state index in [1.807, 2.05) is 0 Å². The minimum Gasteiger partial charge on any atom is -0.489 e. The van der Waals surface area contributed by atoms with Crippen LogP contribution < -0.4 is 10.5 Å². The standard InChI is InChI=1S/C14H11Br2F2NO/c15-11-2-1-9(5-8(11)6-19)20-7-10-13(17)4-3-12(16)14(10)18/h1-5H,6-7,19H2. The van der Waals surface area contributed by atoms with Crippen molar-refractivity contribution in [2.24, 2.45) is 5.73 Å². The van der Waals surface area contributed by atoms with Gasteiger partial charge in [0, 0.05) is 11.0 Å². The fourth-order valence-electron chi connectivity index (χ4n) is 1.65. The number of halogens is 4. The quantitative estimate of drug-likeness (QED) is 0.757. The predicted octanol–water partition coefficient (Wildman–Crippen LogP) is 4.53. The number of hydrogen-bond donors (Lipinski definition) is 1. The molecule has 106 valence electrons. The highest BCUT2D eigenvalue weighted by molar-refractivity contribution is 9.10. The Morgan fingerprint density at radius 1 is 1.05 bits per heavy atom. The Bertz CT molecular complexity index is 635. The lowest BCUT2D eigenvalue weighted by Crippen LogP contribution is -2.04. The third-order valence-corrected chi connectivity index (χ3v) is 4.15. The second-order valence-corrected chi connectivity index (χ2v) is 5.78. The second kappa shape index (κ2) is 6.65. The zero-order valence-corrected chi connectivity index (χ0v) is 13.5. The van der Waals surface area contributed by atoms with E-state index >= 15 is 0 Å². The molecule has 0 atom stereocenters. The lowest BCUT2D eigenvalue weighted by molar-refractivity contribution is 0.292. The van der Waals surface area contributed by atoms with Gasteiger partial charge in [0.05, 0.1) is 10.0 Å². The Hall–Kier alpha value is -0.980. The molecule has 0 saturated carbocycles.